The maximum absolute atomic E-state index is 12.5. The fourth-order valence-electron chi connectivity index (χ4n) is 3.28. The number of rotatable bonds is 7. The molecule has 0 saturated carbocycles. The molecule has 6 nitrogen and oxygen atoms in total. The molecule has 1 aliphatic carbocycles. The van der Waals surface area contributed by atoms with Crippen LogP contribution in [0.25, 0.3) is 0 Å². The van der Waals surface area contributed by atoms with Gasteiger partial charge in [0.05, 0.1) is 0 Å². The van der Waals surface area contributed by atoms with Gasteiger partial charge in [0.15, 0.2) is 0 Å². The summed E-state index contributed by atoms with van der Waals surface area (Å²) in [4.78, 5) is 31.1. The molecule has 2 aromatic rings. The van der Waals surface area contributed by atoms with Crippen molar-refractivity contribution in [2.75, 3.05) is 30.9 Å². The summed E-state index contributed by atoms with van der Waals surface area (Å²) < 4.78 is 0. The number of pyridine rings is 1. The summed E-state index contributed by atoms with van der Waals surface area (Å²) in [6.07, 6.45) is 7.91. The number of anilines is 2. The fraction of sp³-hybridized carbons (Fsp3) is 0.348. The van der Waals surface area contributed by atoms with Crippen LogP contribution in [0.5, 0.6) is 0 Å². The van der Waals surface area contributed by atoms with Gasteiger partial charge in [0, 0.05) is 32.0 Å². The summed E-state index contributed by atoms with van der Waals surface area (Å²) in [5.41, 5.74) is 3.60. The molecule has 0 bridgehead atoms. The first-order valence-electron chi connectivity index (χ1n) is 10.0. The van der Waals surface area contributed by atoms with E-state index in [2.05, 4.69) is 21.7 Å². The Kier molecular flexibility index (Phi) is 7.00. The molecule has 0 aliphatic heterocycles. The van der Waals surface area contributed by atoms with Crippen LogP contribution in [0.2, 0.25) is 0 Å². The van der Waals surface area contributed by atoms with Crippen LogP contribution in [0.1, 0.15) is 53.1 Å². The Labute approximate surface area is 172 Å². The number of hydrogen-bond donors (Lipinski definition) is 2. The molecule has 2 N–H and O–H groups in total. The predicted molar refractivity (Wildman–Crippen MR) is 116 cm³/mol. The van der Waals surface area contributed by atoms with Gasteiger partial charge in [0.25, 0.3) is 11.8 Å². The summed E-state index contributed by atoms with van der Waals surface area (Å²) >= 11 is 0. The summed E-state index contributed by atoms with van der Waals surface area (Å²) in [6, 6.07) is 12.4. The second-order valence-electron chi connectivity index (χ2n) is 7.42. The molecular formula is C23H28N4O2. The molecule has 2 amide bonds. The van der Waals surface area contributed by atoms with Gasteiger partial charge in [-0.3, -0.25) is 9.59 Å². The first-order chi connectivity index (χ1) is 14.0. The van der Waals surface area contributed by atoms with E-state index < -0.39 is 0 Å². The highest BCUT2D eigenvalue weighted by Gasteiger charge is 2.13. The van der Waals surface area contributed by atoms with Crippen molar-refractivity contribution in [3.8, 4) is 0 Å². The molecule has 3 rings (SSSR count). The Morgan fingerprint density at radius 2 is 1.72 bits per heavy atom. The zero-order valence-electron chi connectivity index (χ0n) is 17.1. The Hall–Kier alpha value is -3.15. The van der Waals surface area contributed by atoms with E-state index in [0.717, 1.165) is 24.9 Å². The summed E-state index contributed by atoms with van der Waals surface area (Å²) in [5.74, 6) is -0.601. The van der Waals surface area contributed by atoms with Gasteiger partial charge in [-0.05, 0) is 68.5 Å². The zero-order chi connectivity index (χ0) is 20.6. The van der Waals surface area contributed by atoms with Crippen molar-refractivity contribution in [3.63, 3.8) is 0 Å². The molecule has 0 spiro atoms. The third-order valence-electron chi connectivity index (χ3n) is 4.97. The van der Waals surface area contributed by atoms with Crippen LogP contribution in [0.15, 0.2) is 54.1 Å². The lowest BCUT2D eigenvalue weighted by atomic mass is 9.97. The minimum absolute atomic E-state index is 0.212. The molecule has 1 aromatic carbocycles. The Bertz CT molecular complexity index is 888. The second kappa shape index (κ2) is 9.87. The monoisotopic (exact) mass is 392 g/mol. The number of amides is 2. The quantitative estimate of drug-likeness (QED) is 0.698. The van der Waals surface area contributed by atoms with Gasteiger partial charge in [-0.2, -0.15) is 0 Å². The van der Waals surface area contributed by atoms with Crippen molar-refractivity contribution in [3.05, 3.63) is 65.5 Å². The van der Waals surface area contributed by atoms with E-state index in [0.29, 0.717) is 12.2 Å². The highest BCUT2D eigenvalue weighted by atomic mass is 16.2. The number of benzene rings is 1. The molecule has 152 valence electrons. The molecule has 1 aliphatic rings. The van der Waals surface area contributed by atoms with Crippen molar-refractivity contribution in [1.29, 1.82) is 0 Å². The number of allylic oxidation sites excluding steroid dienone is 1. The molecule has 1 heterocycles. The molecular weight excluding hydrogens is 364 g/mol. The third-order valence-corrected chi connectivity index (χ3v) is 4.97. The first-order valence-corrected chi connectivity index (χ1v) is 10.0. The van der Waals surface area contributed by atoms with Crippen LogP contribution in [-0.4, -0.2) is 37.4 Å². The largest absolute Gasteiger partial charge is 0.378 e. The van der Waals surface area contributed by atoms with Gasteiger partial charge in [-0.15, -0.1) is 0 Å². The molecule has 0 unspecified atom stereocenters. The second-order valence-corrected chi connectivity index (χ2v) is 7.42. The Morgan fingerprint density at radius 3 is 2.38 bits per heavy atom. The van der Waals surface area contributed by atoms with Crippen LogP contribution >= 0.6 is 0 Å². The summed E-state index contributed by atoms with van der Waals surface area (Å²) in [7, 11) is 3.92. The normalized spacial score (nSPS) is 13.4. The van der Waals surface area contributed by atoms with E-state index in [9.17, 15) is 9.59 Å². The number of hydrogen-bond acceptors (Lipinski definition) is 4. The smallest absolute Gasteiger partial charge is 0.274 e. The molecule has 0 saturated heterocycles. The number of aromatic nitrogens is 1. The third kappa shape index (κ3) is 5.91. The average Bonchev–Trinajstić information content (AvgIpc) is 2.75. The van der Waals surface area contributed by atoms with Crippen molar-refractivity contribution in [2.45, 2.75) is 32.1 Å². The lowest BCUT2D eigenvalue weighted by Gasteiger charge is -2.13. The number of carbonyl (C=O) groups is 2. The van der Waals surface area contributed by atoms with Crippen molar-refractivity contribution >= 4 is 23.2 Å². The zero-order valence-corrected chi connectivity index (χ0v) is 17.1. The maximum atomic E-state index is 12.5. The van der Waals surface area contributed by atoms with E-state index in [4.69, 9.17) is 0 Å². The molecule has 1 aromatic heterocycles. The number of nitrogens with zero attached hydrogens (tertiary/aromatic N) is 2. The van der Waals surface area contributed by atoms with Crippen LogP contribution < -0.4 is 15.5 Å². The highest BCUT2D eigenvalue weighted by molar-refractivity contribution is 6.03. The van der Waals surface area contributed by atoms with Gasteiger partial charge >= 0.3 is 0 Å². The first kappa shape index (κ1) is 20.6. The Balaban J connectivity index is 1.56. The topological polar surface area (TPSA) is 74.3 Å². The van der Waals surface area contributed by atoms with Crippen LogP contribution in [0.4, 0.5) is 11.4 Å². The molecule has 29 heavy (non-hydrogen) atoms. The number of carbonyl (C=O) groups excluding carboxylic acids is 2. The van der Waals surface area contributed by atoms with Crippen molar-refractivity contribution < 1.29 is 9.59 Å². The van der Waals surface area contributed by atoms with E-state index in [1.807, 2.05) is 43.3 Å². The molecule has 0 atom stereocenters. The lowest BCUT2D eigenvalue weighted by Crippen LogP contribution is -2.26. The standard InChI is InChI=1S/C23H28N4O2/c1-27(2)19-13-11-18(12-14-19)25-23(29)21-10-6-9-20(26-21)22(28)24-16-15-17-7-4-3-5-8-17/h6-7,9-14H,3-5,8,15-16H2,1-2H3,(H,24,28)(H,25,29). The number of nitrogens with one attached hydrogen (secondary N) is 2. The minimum Gasteiger partial charge on any atom is -0.378 e. The molecule has 0 fully saturated rings. The van der Waals surface area contributed by atoms with E-state index >= 15 is 0 Å². The van der Waals surface area contributed by atoms with Gasteiger partial charge in [-0.25, -0.2) is 4.98 Å². The lowest BCUT2D eigenvalue weighted by molar-refractivity contribution is 0.0949. The van der Waals surface area contributed by atoms with Crippen molar-refractivity contribution in [2.24, 2.45) is 0 Å². The molecule has 6 heteroatoms. The molecule has 0 radical (unpaired) electrons. The highest BCUT2D eigenvalue weighted by Crippen LogP contribution is 2.19. The van der Waals surface area contributed by atoms with Gasteiger partial charge in [0.2, 0.25) is 0 Å². The summed E-state index contributed by atoms with van der Waals surface area (Å²) in [5, 5.41) is 5.72. The van der Waals surface area contributed by atoms with Gasteiger partial charge in [-0.1, -0.05) is 17.7 Å². The van der Waals surface area contributed by atoms with E-state index in [1.54, 1.807) is 18.2 Å². The minimum atomic E-state index is -0.343. The SMILES string of the molecule is CN(C)c1ccc(NC(=O)c2cccc(C(=O)NCCC3=CCCCC3)n2)cc1. The van der Waals surface area contributed by atoms with Crippen LogP contribution in [0.3, 0.4) is 0 Å². The fourth-order valence-corrected chi connectivity index (χ4v) is 3.28. The van der Waals surface area contributed by atoms with Gasteiger partial charge in [0.1, 0.15) is 11.4 Å². The van der Waals surface area contributed by atoms with Crippen LogP contribution in [0, 0.1) is 0 Å². The van der Waals surface area contributed by atoms with Gasteiger partial charge < -0.3 is 15.5 Å². The van der Waals surface area contributed by atoms with E-state index in [1.165, 1.54) is 18.4 Å². The van der Waals surface area contributed by atoms with Crippen LogP contribution in [-0.2, 0) is 0 Å². The van der Waals surface area contributed by atoms with Crippen molar-refractivity contribution in [1.82, 2.24) is 10.3 Å². The average molecular weight is 393 g/mol. The maximum Gasteiger partial charge on any atom is 0.274 e. The van der Waals surface area contributed by atoms with E-state index in [-0.39, 0.29) is 23.2 Å². The Morgan fingerprint density at radius 1 is 1.00 bits per heavy atom. The predicted octanol–water partition coefficient (Wildman–Crippen LogP) is 4.02. The summed E-state index contributed by atoms with van der Waals surface area (Å²) in [6.45, 7) is 0.584.